The van der Waals surface area contributed by atoms with Crippen LogP contribution in [0.5, 0.6) is 11.6 Å². The van der Waals surface area contributed by atoms with Crippen LogP contribution < -0.4 is 9.46 Å². The number of nitrogens with one attached hydrogen (secondary N) is 1. The molecule has 1 atom stereocenters. The Balaban J connectivity index is 1.78. The van der Waals surface area contributed by atoms with Gasteiger partial charge in [0.25, 0.3) is 0 Å². The summed E-state index contributed by atoms with van der Waals surface area (Å²) in [6.07, 6.45) is 3.01. The van der Waals surface area contributed by atoms with E-state index < -0.39 is 20.8 Å². The molecule has 1 unspecified atom stereocenters. The molecule has 5 nitrogen and oxygen atoms in total. The molecule has 3 rings (SSSR count). The van der Waals surface area contributed by atoms with Crippen molar-refractivity contribution < 1.29 is 13.2 Å². The molecule has 0 bridgehead atoms. The summed E-state index contributed by atoms with van der Waals surface area (Å²) in [5.74, 6) is 1.25. The van der Waals surface area contributed by atoms with Crippen molar-refractivity contribution in [3.8, 4) is 11.6 Å². The molecule has 6 heteroatoms. The lowest BCUT2D eigenvalue weighted by Gasteiger charge is -2.26. The molecule has 128 valence electrons. The van der Waals surface area contributed by atoms with Crippen molar-refractivity contribution in [2.45, 2.75) is 44.4 Å². The van der Waals surface area contributed by atoms with Gasteiger partial charge in [0, 0.05) is 17.8 Å². The third-order valence-corrected chi connectivity index (χ3v) is 6.23. The Morgan fingerprint density at radius 2 is 1.92 bits per heavy atom. The number of hydrogen-bond donors (Lipinski definition) is 1. The SMILES string of the molecule is CC(C)S(=O)(=O)NC1(C)Cc2ccc(Oc3ccccn3)cc2C1. The molecule has 0 saturated heterocycles. The molecule has 0 spiro atoms. The van der Waals surface area contributed by atoms with E-state index in [2.05, 4.69) is 9.71 Å². The van der Waals surface area contributed by atoms with Crippen LogP contribution in [0.25, 0.3) is 0 Å². The van der Waals surface area contributed by atoms with E-state index in [0.717, 1.165) is 11.1 Å². The average molecular weight is 346 g/mol. The standard InChI is InChI=1S/C18H22N2O3S/c1-13(2)24(21,22)20-18(3)11-14-7-8-16(10-15(14)12-18)23-17-6-4-5-9-19-17/h4-10,13,20H,11-12H2,1-3H3. The summed E-state index contributed by atoms with van der Waals surface area (Å²) in [5.41, 5.74) is 1.77. The largest absolute Gasteiger partial charge is 0.439 e. The summed E-state index contributed by atoms with van der Waals surface area (Å²) in [4.78, 5) is 4.15. The highest BCUT2D eigenvalue weighted by Crippen LogP contribution is 2.34. The zero-order valence-corrected chi connectivity index (χ0v) is 14.9. The molecule has 1 aromatic carbocycles. The van der Waals surface area contributed by atoms with Crippen LogP contribution in [0, 0.1) is 0 Å². The summed E-state index contributed by atoms with van der Waals surface area (Å²) in [6.45, 7) is 5.32. The number of ether oxygens (including phenoxy) is 1. The second-order valence-electron chi connectivity index (χ2n) is 6.81. The Hall–Kier alpha value is -1.92. The normalized spacial score (nSPS) is 20.2. The van der Waals surface area contributed by atoms with Crippen LogP contribution in [0.3, 0.4) is 0 Å². The molecular formula is C18H22N2O3S. The highest BCUT2D eigenvalue weighted by atomic mass is 32.2. The summed E-state index contributed by atoms with van der Waals surface area (Å²) in [6, 6.07) is 11.4. The number of aromatic nitrogens is 1. The van der Waals surface area contributed by atoms with Gasteiger partial charge in [0.15, 0.2) is 0 Å². The lowest BCUT2D eigenvalue weighted by atomic mass is 10.0. The van der Waals surface area contributed by atoms with Crippen molar-refractivity contribution in [1.29, 1.82) is 0 Å². The van der Waals surface area contributed by atoms with E-state index in [1.807, 2.05) is 37.3 Å². The molecule has 0 amide bonds. The van der Waals surface area contributed by atoms with Crippen LogP contribution in [0.15, 0.2) is 42.6 Å². The fourth-order valence-electron chi connectivity index (χ4n) is 2.97. The number of sulfonamides is 1. The molecule has 0 fully saturated rings. The van der Waals surface area contributed by atoms with Gasteiger partial charge in [0.2, 0.25) is 15.9 Å². The minimum Gasteiger partial charge on any atom is -0.439 e. The van der Waals surface area contributed by atoms with Gasteiger partial charge in [0.05, 0.1) is 5.25 Å². The first kappa shape index (κ1) is 16.9. The summed E-state index contributed by atoms with van der Waals surface area (Å²) in [5, 5.41) is -0.443. The predicted octanol–water partition coefficient (Wildman–Crippen LogP) is 3.06. The van der Waals surface area contributed by atoms with E-state index in [1.165, 1.54) is 0 Å². The van der Waals surface area contributed by atoms with E-state index in [9.17, 15) is 8.42 Å². The van der Waals surface area contributed by atoms with E-state index >= 15 is 0 Å². The third-order valence-electron chi connectivity index (χ3n) is 4.21. The van der Waals surface area contributed by atoms with Crippen molar-refractivity contribution in [3.63, 3.8) is 0 Å². The number of pyridine rings is 1. The van der Waals surface area contributed by atoms with Crippen LogP contribution in [0.4, 0.5) is 0 Å². The van der Waals surface area contributed by atoms with Crippen molar-refractivity contribution in [3.05, 3.63) is 53.7 Å². The second-order valence-corrected chi connectivity index (χ2v) is 9.05. The summed E-state index contributed by atoms with van der Waals surface area (Å²) in [7, 11) is -3.31. The Kier molecular flexibility index (Phi) is 4.36. The van der Waals surface area contributed by atoms with Crippen molar-refractivity contribution in [1.82, 2.24) is 9.71 Å². The highest BCUT2D eigenvalue weighted by Gasteiger charge is 2.37. The van der Waals surface area contributed by atoms with Gasteiger partial charge >= 0.3 is 0 Å². The first-order valence-corrected chi connectivity index (χ1v) is 9.56. The molecule has 0 radical (unpaired) electrons. The van der Waals surface area contributed by atoms with Gasteiger partial charge in [0.1, 0.15) is 5.75 Å². The zero-order chi connectivity index (χ0) is 17.4. The monoisotopic (exact) mass is 346 g/mol. The van der Waals surface area contributed by atoms with Gasteiger partial charge in [-0.15, -0.1) is 0 Å². The van der Waals surface area contributed by atoms with Crippen molar-refractivity contribution in [2.75, 3.05) is 0 Å². The minimum atomic E-state index is -3.31. The van der Waals surface area contributed by atoms with Gasteiger partial charge < -0.3 is 4.74 Å². The van der Waals surface area contributed by atoms with Crippen LogP contribution in [0.1, 0.15) is 31.9 Å². The van der Waals surface area contributed by atoms with Crippen molar-refractivity contribution >= 4 is 10.0 Å². The predicted molar refractivity (Wildman–Crippen MR) is 93.8 cm³/mol. The molecule has 0 saturated carbocycles. The van der Waals surface area contributed by atoms with E-state index in [-0.39, 0.29) is 0 Å². The maximum absolute atomic E-state index is 12.2. The number of benzene rings is 1. The molecule has 1 aromatic heterocycles. The Bertz CT molecular complexity index is 835. The lowest BCUT2D eigenvalue weighted by Crippen LogP contribution is -2.49. The molecule has 0 aliphatic heterocycles. The van der Waals surface area contributed by atoms with E-state index in [1.54, 1.807) is 26.1 Å². The minimum absolute atomic E-state index is 0.443. The number of fused-ring (bicyclic) bond motifs is 1. The smallest absolute Gasteiger partial charge is 0.219 e. The topological polar surface area (TPSA) is 68.3 Å². The molecule has 1 N–H and O–H groups in total. The fraction of sp³-hybridized carbons (Fsp3) is 0.389. The molecule has 1 aliphatic carbocycles. The Morgan fingerprint density at radius 1 is 1.17 bits per heavy atom. The van der Waals surface area contributed by atoms with Crippen LogP contribution >= 0.6 is 0 Å². The summed E-state index contributed by atoms with van der Waals surface area (Å²) < 4.78 is 33.0. The summed E-state index contributed by atoms with van der Waals surface area (Å²) >= 11 is 0. The van der Waals surface area contributed by atoms with Crippen LogP contribution in [-0.2, 0) is 22.9 Å². The first-order chi connectivity index (χ1) is 11.3. The van der Waals surface area contributed by atoms with E-state index in [0.29, 0.717) is 24.5 Å². The Labute approximate surface area is 143 Å². The highest BCUT2D eigenvalue weighted by molar-refractivity contribution is 7.90. The maximum atomic E-state index is 12.2. The van der Waals surface area contributed by atoms with Gasteiger partial charge in [-0.1, -0.05) is 12.1 Å². The molecule has 1 aliphatic rings. The molecule has 2 aromatic rings. The maximum Gasteiger partial charge on any atom is 0.219 e. The zero-order valence-electron chi connectivity index (χ0n) is 14.1. The quantitative estimate of drug-likeness (QED) is 0.903. The number of nitrogens with zero attached hydrogens (tertiary/aromatic N) is 1. The van der Waals surface area contributed by atoms with E-state index in [4.69, 9.17) is 4.74 Å². The molecular weight excluding hydrogens is 324 g/mol. The second kappa shape index (κ2) is 6.18. The average Bonchev–Trinajstić information content (AvgIpc) is 2.82. The first-order valence-electron chi connectivity index (χ1n) is 8.01. The number of hydrogen-bond acceptors (Lipinski definition) is 4. The van der Waals surface area contributed by atoms with Gasteiger partial charge in [-0.2, -0.15) is 0 Å². The van der Waals surface area contributed by atoms with Gasteiger partial charge in [-0.05, 0) is 62.9 Å². The van der Waals surface area contributed by atoms with Crippen LogP contribution in [-0.4, -0.2) is 24.2 Å². The fourth-order valence-corrected chi connectivity index (χ4v) is 4.03. The number of rotatable bonds is 5. The van der Waals surface area contributed by atoms with Crippen LogP contribution in [0.2, 0.25) is 0 Å². The lowest BCUT2D eigenvalue weighted by molar-refractivity contribution is 0.433. The van der Waals surface area contributed by atoms with Crippen molar-refractivity contribution in [2.24, 2.45) is 0 Å². The third kappa shape index (κ3) is 3.60. The van der Waals surface area contributed by atoms with Gasteiger partial charge in [-0.25, -0.2) is 18.1 Å². The van der Waals surface area contributed by atoms with Gasteiger partial charge in [-0.3, -0.25) is 0 Å². The molecule has 1 heterocycles. The Morgan fingerprint density at radius 3 is 2.58 bits per heavy atom. The molecule has 24 heavy (non-hydrogen) atoms.